The first-order valence-electron chi connectivity index (χ1n) is 12.4. The number of alkyl halides is 1. The molecule has 4 fully saturated rings. The Balaban J connectivity index is 1.39. The van der Waals surface area contributed by atoms with Gasteiger partial charge < -0.3 is 14.6 Å². The molecule has 0 bridgehead atoms. The number of para-hydroxylation sites is 1. The third-order valence-electron chi connectivity index (χ3n) is 10.0. The van der Waals surface area contributed by atoms with Gasteiger partial charge in [0, 0.05) is 29.0 Å². The van der Waals surface area contributed by atoms with Crippen molar-refractivity contribution in [1.29, 1.82) is 0 Å². The predicted molar refractivity (Wildman–Crippen MR) is 128 cm³/mol. The van der Waals surface area contributed by atoms with Gasteiger partial charge in [-0.2, -0.15) is 0 Å². The lowest BCUT2D eigenvalue weighted by molar-refractivity contribution is -0.219. The molecular weight excluding hydrogens is 468 g/mol. The molecule has 5 rings (SSSR count). The van der Waals surface area contributed by atoms with Crippen molar-refractivity contribution in [1.82, 2.24) is 0 Å². The van der Waals surface area contributed by atoms with Crippen LogP contribution in [-0.2, 0) is 9.53 Å². The van der Waals surface area contributed by atoms with Gasteiger partial charge in [0.05, 0.1) is 5.60 Å². The quantitative estimate of drug-likeness (QED) is 0.411. The van der Waals surface area contributed by atoms with E-state index in [0.717, 1.165) is 44.3 Å². The molecule has 5 heteroatoms. The van der Waals surface area contributed by atoms with Crippen LogP contribution in [0.25, 0.3) is 0 Å². The summed E-state index contributed by atoms with van der Waals surface area (Å²) in [6.45, 7) is 6.24. The molecule has 0 unspecified atom stereocenters. The van der Waals surface area contributed by atoms with E-state index in [1.165, 1.54) is 13.3 Å². The van der Waals surface area contributed by atoms with Crippen LogP contribution in [0.5, 0.6) is 5.75 Å². The molecule has 4 aliphatic rings. The van der Waals surface area contributed by atoms with Gasteiger partial charge in [-0.3, -0.25) is 4.79 Å². The van der Waals surface area contributed by atoms with Gasteiger partial charge in [0.15, 0.2) is 0 Å². The van der Waals surface area contributed by atoms with Gasteiger partial charge in [-0.05, 0) is 74.8 Å². The molecular formula is C27H37BrO4. The number of carbonyl (C=O) groups is 1. The second-order valence-corrected chi connectivity index (χ2v) is 12.5. The average Bonchev–Trinajstić information content (AvgIpc) is 3.07. The number of hydrogen-bond acceptors (Lipinski definition) is 4. The van der Waals surface area contributed by atoms with Crippen LogP contribution in [0.2, 0.25) is 0 Å². The zero-order valence-corrected chi connectivity index (χ0v) is 21.1. The molecule has 176 valence electrons. The van der Waals surface area contributed by atoms with Crippen molar-refractivity contribution in [3.8, 4) is 5.75 Å². The van der Waals surface area contributed by atoms with Crippen LogP contribution < -0.4 is 4.74 Å². The Labute approximate surface area is 200 Å². The fourth-order valence-electron chi connectivity index (χ4n) is 8.34. The third kappa shape index (κ3) is 3.36. The molecule has 1 aromatic carbocycles. The Morgan fingerprint density at radius 2 is 1.81 bits per heavy atom. The van der Waals surface area contributed by atoms with Gasteiger partial charge in [0.1, 0.15) is 18.0 Å². The number of benzene rings is 1. The third-order valence-corrected chi connectivity index (χ3v) is 11.2. The van der Waals surface area contributed by atoms with Crippen molar-refractivity contribution < 1.29 is 19.4 Å². The smallest absolute Gasteiger partial charge is 0.302 e. The van der Waals surface area contributed by atoms with Gasteiger partial charge in [-0.25, -0.2) is 0 Å². The van der Waals surface area contributed by atoms with Crippen molar-refractivity contribution in [2.75, 3.05) is 0 Å². The summed E-state index contributed by atoms with van der Waals surface area (Å²) in [6, 6.07) is 10.3. The molecule has 0 spiro atoms. The molecule has 0 heterocycles. The van der Waals surface area contributed by atoms with Crippen LogP contribution >= 0.6 is 15.9 Å². The first-order chi connectivity index (χ1) is 15.2. The van der Waals surface area contributed by atoms with Gasteiger partial charge in [0.2, 0.25) is 0 Å². The predicted octanol–water partition coefficient (Wildman–Crippen LogP) is 5.90. The minimum absolute atomic E-state index is 0.0241. The molecule has 0 aromatic heterocycles. The van der Waals surface area contributed by atoms with Crippen LogP contribution in [0, 0.1) is 28.6 Å². The Kier molecular flexibility index (Phi) is 5.68. The van der Waals surface area contributed by atoms with Crippen LogP contribution in [0.3, 0.4) is 0 Å². The molecule has 1 aromatic rings. The van der Waals surface area contributed by atoms with Gasteiger partial charge in [-0.1, -0.05) is 48.0 Å². The van der Waals surface area contributed by atoms with Gasteiger partial charge >= 0.3 is 5.97 Å². The number of hydrogen-bond donors (Lipinski definition) is 1. The van der Waals surface area contributed by atoms with E-state index >= 15 is 0 Å². The fourth-order valence-corrected chi connectivity index (χ4v) is 9.48. The SMILES string of the molecule is CC(=O)O[C@H]1CC[C@]2(C)[C@H]3CC[C@]4(C)[C@@H](Oc5ccccc5)CC[C@H]4[C@@H]3C[C@H](Br)[C@]2(O)C1. The normalized spacial score (nSPS) is 47.7. The van der Waals surface area contributed by atoms with Crippen molar-refractivity contribution >= 4 is 21.9 Å². The molecule has 9 atom stereocenters. The second-order valence-electron chi connectivity index (χ2n) is 11.4. The van der Waals surface area contributed by atoms with Gasteiger partial charge in [0.25, 0.3) is 0 Å². The Morgan fingerprint density at radius 1 is 1.06 bits per heavy atom. The first kappa shape index (κ1) is 22.7. The van der Waals surface area contributed by atoms with E-state index in [4.69, 9.17) is 9.47 Å². The highest BCUT2D eigenvalue weighted by molar-refractivity contribution is 9.09. The maximum absolute atomic E-state index is 12.0. The number of carbonyl (C=O) groups excluding carboxylic acids is 1. The summed E-state index contributed by atoms with van der Waals surface area (Å²) >= 11 is 3.94. The van der Waals surface area contributed by atoms with Crippen molar-refractivity contribution in [2.24, 2.45) is 28.6 Å². The summed E-state index contributed by atoms with van der Waals surface area (Å²) in [6.07, 6.45) is 8.00. The highest BCUT2D eigenvalue weighted by Crippen LogP contribution is 2.68. The number of esters is 1. The maximum Gasteiger partial charge on any atom is 0.302 e. The zero-order chi connectivity index (χ0) is 22.7. The van der Waals surface area contributed by atoms with E-state index in [9.17, 15) is 9.90 Å². The Morgan fingerprint density at radius 3 is 2.53 bits per heavy atom. The van der Waals surface area contributed by atoms with Crippen LogP contribution in [0.1, 0.15) is 72.1 Å². The summed E-state index contributed by atoms with van der Waals surface area (Å²) in [5.74, 6) is 2.47. The summed E-state index contributed by atoms with van der Waals surface area (Å²) in [7, 11) is 0. The number of fused-ring (bicyclic) bond motifs is 5. The second kappa shape index (κ2) is 8.01. The lowest BCUT2D eigenvalue weighted by atomic mass is 9.43. The number of halogens is 1. The van der Waals surface area contributed by atoms with E-state index < -0.39 is 5.60 Å². The monoisotopic (exact) mass is 504 g/mol. The highest BCUT2D eigenvalue weighted by atomic mass is 79.9. The lowest BCUT2D eigenvalue weighted by Gasteiger charge is -2.65. The summed E-state index contributed by atoms with van der Waals surface area (Å²) in [5.41, 5.74) is -0.802. The van der Waals surface area contributed by atoms with Crippen LogP contribution in [-0.4, -0.2) is 33.7 Å². The number of rotatable bonds is 3. The number of ether oxygens (including phenoxy) is 2. The van der Waals surface area contributed by atoms with Gasteiger partial charge in [-0.15, -0.1) is 0 Å². The lowest BCUT2D eigenvalue weighted by Crippen LogP contribution is -2.67. The van der Waals surface area contributed by atoms with E-state index in [1.54, 1.807) is 0 Å². The van der Waals surface area contributed by atoms with Crippen molar-refractivity contribution in [3.05, 3.63) is 30.3 Å². The average molecular weight is 505 g/mol. The topological polar surface area (TPSA) is 55.8 Å². The minimum atomic E-state index is -0.835. The van der Waals surface area contributed by atoms with E-state index in [0.29, 0.717) is 24.2 Å². The van der Waals surface area contributed by atoms with Crippen molar-refractivity contribution in [3.63, 3.8) is 0 Å². The maximum atomic E-state index is 12.0. The van der Waals surface area contributed by atoms with Crippen LogP contribution in [0.15, 0.2) is 30.3 Å². The standard InChI is InChI=1S/C27H37BrO4/c1-17(29)31-19-11-14-26(3)22-12-13-25(2)21(20(22)15-23(28)27(26,30)16-19)9-10-24(25)32-18-7-5-4-6-8-18/h4-8,19-24,30H,9-16H2,1-3H3/t19-,20-,21-,22-,23-,24-,25-,26+,27+/m0/s1. The zero-order valence-electron chi connectivity index (χ0n) is 19.6. The summed E-state index contributed by atoms with van der Waals surface area (Å²) < 4.78 is 12.1. The van der Waals surface area contributed by atoms with E-state index in [2.05, 4.69) is 41.9 Å². The molecule has 0 radical (unpaired) electrons. The van der Waals surface area contributed by atoms with E-state index in [1.807, 2.05) is 18.2 Å². The first-order valence-corrected chi connectivity index (χ1v) is 13.3. The molecule has 4 nitrogen and oxygen atoms in total. The molecule has 4 aliphatic carbocycles. The molecule has 0 amide bonds. The minimum Gasteiger partial charge on any atom is -0.490 e. The largest absolute Gasteiger partial charge is 0.490 e. The Bertz CT molecular complexity index is 860. The molecule has 0 aliphatic heterocycles. The highest BCUT2D eigenvalue weighted by Gasteiger charge is 2.67. The molecule has 1 N–H and O–H groups in total. The van der Waals surface area contributed by atoms with E-state index in [-0.39, 0.29) is 33.8 Å². The summed E-state index contributed by atoms with van der Waals surface area (Å²) in [5, 5.41) is 12.0. The molecule has 0 saturated heterocycles. The summed E-state index contributed by atoms with van der Waals surface area (Å²) in [4.78, 5) is 11.6. The fraction of sp³-hybridized carbons (Fsp3) is 0.741. The van der Waals surface area contributed by atoms with Crippen LogP contribution in [0.4, 0.5) is 0 Å². The molecule has 32 heavy (non-hydrogen) atoms. The number of aliphatic hydroxyl groups is 1. The van der Waals surface area contributed by atoms with Crippen molar-refractivity contribution in [2.45, 2.75) is 94.8 Å². The molecule has 4 saturated carbocycles. The Hall–Kier alpha value is -1.07.